The summed E-state index contributed by atoms with van der Waals surface area (Å²) in [7, 11) is -2.67. The zero-order chi connectivity index (χ0) is 20.0. The fourth-order valence-electron chi connectivity index (χ4n) is 2.85. The molecule has 2 atom stereocenters. The first kappa shape index (κ1) is 22.9. The highest BCUT2D eigenvalue weighted by atomic mass is 28.3. The maximum atomic E-state index is 11.7. The Labute approximate surface area is 162 Å². The van der Waals surface area contributed by atoms with Crippen LogP contribution in [0.3, 0.4) is 0 Å². The molecule has 0 spiro atoms. The molecule has 0 N–H and O–H groups in total. The third kappa shape index (κ3) is 9.50. The first-order valence-electron chi connectivity index (χ1n) is 9.52. The highest BCUT2D eigenvalue weighted by Crippen LogP contribution is 2.18. The van der Waals surface area contributed by atoms with Crippen LogP contribution in [0.5, 0.6) is 0 Å². The third-order valence-electron chi connectivity index (χ3n) is 4.05. The lowest BCUT2D eigenvalue weighted by Crippen LogP contribution is -2.49. The average molecular weight is 392 g/mol. The van der Waals surface area contributed by atoms with Crippen LogP contribution in [-0.2, 0) is 16.1 Å². The van der Waals surface area contributed by atoms with Crippen molar-refractivity contribution in [1.82, 2.24) is 4.90 Å². The van der Waals surface area contributed by atoms with Crippen LogP contribution in [0.4, 0.5) is 0 Å². The van der Waals surface area contributed by atoms with Gasteiger partial charge in [-0.25, -0.2) is 0 Å². The molecule has 1 aromatic carbocycles. The van der Waals surface area contributed by atoms with E-state index >= 15 is 0 Å². The molecule has 0 bridgehead atoms. The Balaban J connectivity index is 3.08. The van der Waals surface area contributed by atoms with Crippen molar-refractivity contribution in [2.75, 3.05) is 6.17 Å². The van der Waals surface area contributed by atoms with E-state index in [1.807, 2.05) is 6.07 Å². The maximum absolute atomic E-state index is 11.7. The zero-order valence-electron chi connectivity index (χ0n) is 17.9. The molecule has 0 amide bonds. The molecular weight excluding hydrogens is 354 g/mol. The summed E-state index contributed by atoms with van der Waals surface area (Å²) in [6.07, 6.45) is 2.99. The van der Waals surface area contributed by atoms with E-state index in [1.54, 1.807) is 0 Å². The summed E-state index contributed by atoms with van der Waals surface area (Å²) in [5.74, 6) is -0.213. The third-order valence-corrected chi connectivity index (χ3v) is 6.59. The van der Waals surface area contributed by atoms with Gasteiger partial charge in [0.2, 0.25) is 0 Å². The number of rotatable bonds is 9. The first-order chi connectivity index (χ1) is 11.9. The van der Waals surface area contributed by atoms with Crippen LogP contribution in [0.25, 0.3) is 0 Å². The number of nitrogens with zero attached hydrogens (tertiary/aromatic N) is 1. The smallest absolute Gasteiger partial charge is 0.303 e. The Bertz CT molecular complexity index is 588. The van der Waals surface area contributed by atoms with Gasteiger partial charge in [-0.3, -0.25) is 9.69 Å². The molecule has 1 aromatic rings. The molecule has 0 aliphatic rings. The van der Waals surface area contributed by atoms with Crippen LogP contribution >= 0.6 is 0 Å². The van der Waals surface area contributed by atoms with Crippen LogP contribution in [0.15, 0.2) is 42.1 Å². The first-order valence-corrected chi connectivity index (χ1v) is 16.8. The summed E-state index contributed by atoms with van der Waals surface area (Å²) in [5, 5.41) is 0. The number of ether oxygens (including phenoxy) is 1. The topological polar surface area (TPSA) is 29.5 Å². The van der Waals surface area contributed by atoms with Crippen LogP contribution in [0, 0.1) is 0 Å². The standard InChI is InChI=1S/C21H37NO2Si2/c1-18(21(24-19(2)23)14-15-25(3,4)5)22(17-26(6,7)8)16-20-12-10-9-11-13-20/h9-15,18,21H,16-17H2,1-8H3/b15-14+/t18-,21+/m0/s1. The highest BCUT2D eigenvalue weighted by molar-refractivity contribution is 6.81. The largest absolute Gasteiger partial charge is 0.457 e. The van der Waals surface area contributed by atoms with E-state index < -0.39 is 16.1 Å². The number of hydrogen-bond acceptors (Lipinski definition) is 3. The predicted octanol–water partition coefficient (Wildman–Crippen LogP) is 5.12. The second kappa shape index (κ2) is 9.67. The Hall–Kier alpha value is -1.18. The second-order valence-corrected chi connectivity index (χ2v) is 20.0. The summed E-state index contributed by atoms with van der Waals surface area (Å²) in [6.45, 7) is 18.6. The molecule has 26 heavy (non-hydrogen) atoms. The van der Waals surface area contributed by atoms with Gasteiger partial charge in [0.25, 0.3) is 0 Å². The monoisotopic (exact) mass is 391 g/mol. The Morgan fingerprint density at radius 1 is 1.12 bits per heavy atom. The normalized spacial score (nSPS) is 15.3. The molecule has 3 nitrogen and oxygen atoms in total. The molecule has 0 unspecified atom stereocenters. The molecule has 146 valence electrons. The summed E-state index contributed by atoms with van der Waals surface area (Å²) in [4.78, 5) is 14.2. The number of carbonyl (C=O) groups excluding carboxylic acids is 1. The van der Waals surface area contributed by atoms with E-state index in [0.29, 0.717) is 0 Å². The second-order valence-electron chi connectivity index (χ2n) is 9.49. The summed E-state index contributed by atoms with van der Waals surface area (Å²) >= 11 is 0. The molecule has 1 rings (SSSR count). The molecular formula is C21H37NO2Si2. The minimum Gasteiger partial charge on any atom is -0.457 e. The van der Waals surface area contributed by atoms with Crippen molar-refractivity contribution in [2.24, 2.45) is 0 Å². The van der Waals surface area contributed by atoms with Gasteiger partial charge < -0.3 is 4.74 Å². The minimum absolute atomic E-state index is 0.137. The molecule has 0 saturated heterocycles. The van der Waals surface area contributed by atoms with E-state index in [0.717, 1.165) is 12.7 Å². The predicted molar refractivity (Wildman–Crippen MR) is 118 cm³/mol. The summed E-state index contributed by atoms with van der Waals surface area (Å²) in [6, 6.07) is 10.7. The Morgan fingerprint density at radius 2 is 1.69 bits per heavy atom. The lowest BCUT2D eigenvalue weighted by Gasteiger charge is -2.37. The zero-order valence-corrected chi connectivity index (χ0v) is 19.9. The van der Waals surface area contributed by atoms with Crippen molar-refractivity contribution in [3.05, 3.63) is 47.7 Å². The van der Waals surface area contributed by atoms with Crippen LogP contribution in [0.2, 0.25) is 39.3 Å². The number of carbonyl (C=O) groups is 1. The van der Waals surface area contributed by atoms with Gasteiger partial charge in [0.1, 0.15) is 6.10 Å². The van der Waals surface area contributed by atoms with Gasteiger partial charge >= 0.3 is 5.97 Å². The summed E-state index contributed by atoms with van der Waals surface area (Å²) in [5.41, 5.74) is 3.58. The van der Waals surface area contributed by atoms with Gasteiger partial charge in [-0.1, -0.05) is 81.4 Å². The molecule has 0 radical (unpaired) electrons. The van der Waals surface area contributed by atoms with Gasteiger partial charge in [0.15, 0.2) is 0 Å². The van der Waals surface area contributed by atoms with E-state index in [2.05, 4.69) is 87.1 Å². The van der Waals surface area contributed by atoms with Crippen LogP contribution < -0.4 is 0 Å². The molecule has 0 aromatic heterocycles. The van der Waals surface area contributed by atoms with Crippen LogP contribution in [0.1, 0.15) is 19.4 Å². The summed E-state index contributed by atoms with van der Waals surface area (Å²) < 4.78 is 5.71. The quantitative estimate of drug-likeness (QED) is 0.432. The molecule has 0 aliphatic heterocycles. The molecule has 0 fully saturated rings. The van der Waals surface area contributed by atoms with Crippen molar-refractivity contribution in [3.8, 4) is 0 Å². The Kier molecular flexibility index (Phi) is 8.50. The number of esters is 1. The van der Waals surface area contributed by atoms with Gasteiger partial charge in [-0.2, -0.15) is 0 Å². The lowest BCUT2D eigenvalue weighted by molar-refractivity contribution is -0.146. The minimum atomic E-state index is -1.35. The van der Waals surface area contributed by atoms with Gasteiger partial charge in [0, 0.05) is 19.5 Å². The van der Waals surface area contributed by atoms with Crippen molar-refractivity contribution < 1.29 is 9.53 Å². The van der Waals surface area contributed by atoms with Crippen molar-refractivity contribution >= 4 is 22.1 Å². The van der Waals surface area contributed by atoms with E-state index in [4.69, 9.17) is 4.74 Å². The van der Waals surface area contributed by atoms with E-state index in [9.17, 15) is 4.79 Å². The molecule has 0 aliphatic carbocycles. The number of benzene rings is 1. The maximum Gasteiger partial charge on any atom is 0.303 e. The lowest BCUT2D eigenvalue weighted by atomic mass is 10.1. The molecule has 0 saturated carbocycles. The van der Waals surface area contributed by atoms with Gasteiger partial charge in [-0.15, -0.1) is 0 Å². The van der Waals surface area contributed by atoms with Crippen molar-refractivity contribution in [3.63, 3.8) is 0 Å². The van der Waals surface area contributed by atoms with Gasteiger partial charge in [0.05, 0.1) is 16.1 Å². The Morgan fingerprint density at radius 3 is 2.15 bits per heavy atom. The molecule has 0 heterocycles. The fraction of sp³-hybridized carbons (Fsp3) is 0.571. The van der Waals surface area contributed by atoms with Gasteiger partial charge in [-0.05, 0) is 18.7 Å². The number of hydrogen-bond donors (Lipinski definition) is 0. The molecule has 5 heteroatoms. The van der Waals surface area contributed by atoms with Crippen molar-refractivity contribution in [1.29, 1.82) is 0 Å². The van der Waals surface area contributed by atoms with E-state index in [1.165, 1.54) is 12.5 Å². The van der Waals surface area contributed by atoms with Crippen LogP contribution in [-0.4, -0.2) is 45.3 Å². The van der Waals surface area contributed by atoms with Crippen molar-refractivity contribution in [2.45, 2.75) is 71.8 Å². The SMILES string of the molecule is CC(=O)O[C@H](/C=C/[Si](C)(C)C)[C@H](C)N(Cc1ccccc1)C[Si](C)(C)C. The highest BCUT2D eigenvalue weighted by Gasteiger charge is 2.28. The fourth-order valence-corrected chi connectivity index (χ4v) is 5.24. The van der Waals surface area contributed by atoms with E-state index in [-0.39, 0.29) is 18.1 Å². The average Bonchev–Trinajstić information content (AvgIpc) is 2.48.